The quantitative estimate of drug-likeness (QED) is 0.690. The molecule has 6 nitrogen and oxygen atoms in total. The van der Waals surface area contributed by atoms with E-state index in [4.69, 9.17) is 0 Å². The summed E-state index contributed by atoms with van der Waals surface area (Å²) >= 11 is 1.10. The van der Waals surface area contributed by atoms with Gasteiger partial charge in [0, 0.05) is 5.54 Å². The van der Waals surface area contributed by atoms with Crippen molar-refractivity contribution in [3.63, 3.8) is 0 Å². The molecule has 0 bridgehead atoms. The third kappa shape index (κ3) is 3.44. The molecular formula is C19H22N2O4S2. The minimum absolute atomic E-state index is 0.165. The molecule has 1 aromatic heterocycles. The van der Waals surface area contributed by atoms with Gasteiger partial charge in [-0.1, -0.05) is 31.2 Å². The molecule has 3 rings (SSSR count). The highest BCUT2D eigenvalue weighted by atomic mass is 32.2. The summed E-state index contributed by atoms with van der Waals surface area (Å²) in [6, 6.07) is 10.7. The maximum Gasteiger partial charge on any atom is 0.253 e. The predicted octanol–water partition coefficient (Wildman–Crippen LogP) is 3.26. The number of carbonyl (C=O) groups excluding carboxylic acids is 2. The summed E-state index contributed by atoms with van der Waals surface area (Å²) < 4.78 is 28.1. The van der Waals surface area contributed by atoms with Crippen LogP contribution in [0.2, 0.25) is 0 Å². The van der Waals surface area contributed by atoms with Crippen molar-refractivity contribution >= 4 is 38.9 Å². The van der Waals surface area contributed by atoms with Gasteiger partial charge in [-0.15, -0.1) is 11.3 Å². The van der Waals surface area contributed by atoms with E-state index in [1.54, 1.807) is 55.6 Å². The van der Waals surface area contributed by atoms with Gasteiger partial charge in [0.05, 0.1) is 12.1 Å². The van der Waals surface area contributed by atoms with Crippen LogP contribution in [0.4, 0.5) is 5.69 Å². The van der Waals surface area contributed by atoms with Gasteiger partial charge in [0.25, 0.3) is 15.9 Å². The Kier molecular flexibility index (Phi) is 5.24. The molecule has 2 heterocycles. The number of sulfonamides is 1. The summed E-state index contributed by atoms with van der Waals surface area (Å²) in [4.78, 5) is 26.8. The topological polar surface area (TPSA) is 74.8 Å². The maximum atomic E-state index is 13.3. The fourth-order valence-electron chi connectivity index (χ4n) is 3.23. The summed E-state index contributed by atoms with van der Waals surface area (Å²) in [6.45, 7) is 5.43. The molecule has 0 spiro atoms. The summed E-state index contributed by atoms with van der Waals surface area (Å²) in [7, 11) is -3.92. The van der Waals surface area contributed by atoms with Gasteiger partial charge >= 0.3 is 0 Å². The van der Waals surface area contributed by atoms with E-state index in [1.165, 1.54) is 10.4 Å². The molecule has 1 saturated heterocycles. The van der Waals surface area contributed by atoms with E-state index in [1.807, 2.05) is 6.92 Å². The molecule has 1 aliphatic rings. The number of nitrogens with zero attached hydrogens (tertiary/aromatic N) is 2. The molecule has 8 heteroatoms. The number of hydrogen-bond acceptors (Lipinski definition) is 5. The highest BCUT2D eigenvalue weighted by Gasteiger charge is 2.51. The van der Waals surface area contributed by atoms with Crippen LogP contribution in [0.1, 0.15) is 33.6 Å². The zero-order valence-corrected chi connectivity index (χ0v) is 17.1. The Hall–Kier alpha value is -2.03. The number of carbonyl (C=O) groups is 2. The third-order valence-corrected chi connectivity index (χ3v) is 8.38. The molecule has 1 aliphatic heterocycles. The predicted molar refractivity (Wildman–Crippen MR) is 105 cm³/mol. The SMILES string of the molecule is CCC(C)(C)N(C1CC(=O)N(c2ccccc2)C1=O)S(=O)(=O)c1cccs1. The molecule has 0 saturated carbocycles. The van der Waals surface area contributed by atoms with Gasteiger partial charge in [-0.3, -0.25) is 9.59 Å². The largest absolute Gasteiger partial charge is 0.274 e. The van der Waals surface area contributed by atoms with Crippen LogP contribution in [0, 0.1) is 0 Å². The Bertz CT molecular complexity index is 937. The molecule has 27 heavy (non-hydrogen) atoms. The Morgan fingerprint density at radius 2 is 1.81 bits per heavy atom. The van der Waals surface area contributed by atoms with Crippen molar-refractivity contribution in [1.29, 1.82) is 0 Å². The van der Waals surface area contributed by atoms with E-state index in [-0.39, 0.29) is 10.6 Å². The lowest BCUT2D eigenvalue weighted by Gasteiger charge is -2.39. The second-order valence-electron chi connectivity index (χ2n) is 7.02. The number of benzene rings is 1. The number of thiophene rings is 1. The number of imide groups is 1. The van der Waals surface area contributed by atoms with Gasteiger partial charge in [-0.25, -0.2) is 13.3 Å². The van der Waals surface area contributed by atoms with E-state index in [9.17, 15) is 18.0 Å². The van der Waals surface area contributed by atoms with Crippen LogP contribution in [0.15, 0.2) is 52.1 Å². The number of rotatable bonds is 6. The zero-order valence-electron chi connectivity index (χ0n) is 15.5. The molecular weight excluding hydrogens is 384 g/mol. The van der Waals surface area contributed by atoms with E-state index < -0.39 is 33.4 Å². The van der Waals surface area contributed by atoms with Gasteiger partial charge in [-0.05, 0) is 43.8 Å². The normalized spacial score (nSPS) is 18.5. The first-order chi connectivity index (χ1) is 12.7. The van der Waals surface area contributed by atoms with Crippen molar-refractivity contribution in [2.24, 2.45) is 0 Å². The minimum Gasteiger partial charge on any atom is -0.274 e. The molecule has 144 valence electrons. The van der Waals surface area contributed by atoms with Crippen LogP contribution in [0.3, 0.4) is 0 Å². The van der Waals surface area contributed by atoms with Gasteiger partial charge < -0.3 is 0 Å². The molecule has 2 amide bonds. The summed E-state index contributed by atoms with van der Waals surface area (Å²) in [5, 5.41) is 1.68. The standard InChI is InChI=1S/C19H22N2O4S2/c1-4-19(2,3)21(27(24,25)17-11-8-12-26-17)15-13-16(22)20(18(15)23)14-9-6-5-7-10-14/h5-12,15H,4,13H2,1-3H3. The molecule has 0 aliphatic carbocycles. The summed E-state index contributed by atoms with van der Waals surface area (Å²) in [5.41, 5.74) is -0.367. The fraction of sp³-hybridized carbons (Fsp3) is 0.368. The number of amides is 2. The molecule has 0 N–H and O–H groups in total. The third-order valence-electron chi connectivity index (χ3n) is 4.89. The van der Waals surface area contributed by atoms with E-state index in [0.717, 1.165) is 16.2 Å². The molecule has 1 aromatic carbocycles. The zero-order chi connectivity index (χ0) is 19.8. The lowest BCUT2D eigenvalue weighted by atomic mass is 10.00. The first-order valence-corrected chi connectivity index (χ1v) is 11.0. The Labute approximate surface area is 163 Å². The van der Waals surface area contributed by atoms with Crippen LogP contribution in [0.5, 0.6) is 0 Å². The van der Waals surface area contributed by atoms with E-state index in [2.05, 4.69) is 0 Å². The second-order valence-corrected chi connectivity index (χ2v) is 10.0. The van der Waals surface area contributed by atoms with Gasteiger partial charge in [0.2, 0.25) is 5.91 Å². The van der Waals surface area contributed by atoms with Gasteiger partial charge in [0.15, 0.2) is 0 Å². The van der Waals surface area contributed by atoms with Crippen molar-refractivity contribution < 1.29 is 18.0 Å². The smallest absolute Gasteiger partial charge is 0.253 e. The average Bonchev–Trinajstić information content (AvgIpc) is 3.25. The van der Waals surface area contributed by atoms with Crippen LogP contribution in [-0.4, -0.2) is 36.1 Å². The maximum absolute atomic E-state index is 13.3. The molecule has 2 aromatic rings. The minimum atomic E-state index is -3.92. The van der Waals surface area contributed by atoms with E-state index >= 15 is 0 Å². The van der Waals surface area contributed by atoms with Crippen LogP contribution < -0.4 is 4.90 Å². The highest BCUT2D eigenvalue weighted by Crippen LogP contribution is 2.36. The Balaban J connectivity index is 2.07. The monoisotopic (exact) mass is 406 g/mol. The number of anilines is 1. The first-order valence-electron chi connectivity index (χ1n) is 8.70. The highest BCUT2D eigenvalue weighted by molar-refractivity contribution is 7.91. The van der Waals surface area contributed by atoms with Gasteiger partial charge in [-0.2, -0.15) is 4.31 Å². The molecule has 0 radical (unpaired) electrons. The Morgan fingerprint density at radius 1 is 1.15 bits per heavy atom. The van der Waals surface area contributed by atoms with E-state index in [0.29, 0.717) is 12.1 Å². The second kappa shape index (κ2) is 7.18. The van der Waals surface area contributed by atoms with Crippen LogP contribution in [-0.2, 0) is 19.6 Å². The average molecular weight is 407 g/mol. The van der Waals surface area contributed by atoms with Crippen LogP contribution in [0.25, 0.3) is 0 Å². The lowest BCUT2D eigenvalue weighted by Crippen LogP contribution is -2.55. The Morgan fingerprint density at radius 3 is 2.37 bits per heavy atom. The molecule has 1 atom stereocenters. The van der Waals surface area contributed by atoms with Crippen LogP contribution >= 0.6 is 11.3 Å². The first kappa shape index (κ1) is 19.7. The van der Waals surface area contributed by atoms with Crippen molar-refractivity contribution in [3.8, 4) is 0 Å². The van der Waals surface area contributed by atoms with Gasteiger partial charge in [0.1, 0.15) is 10.3 Å². The summed E-state index contributed by atoms with van der Waals surface area (Å²) in [5.74, 6) is -0.901. The molecule has 1 unspecified atom stereocenters. The lowest BCUT2D eigenvalue weighted by molar-refractivity contribution is -0.122. The number of hydrogen-bond donors (Lipinski definition) is 0. The summed E-state index contributed by atoms with van der Waals surface area (Å²) in [6.07, 6.45) is 0.336. The van der Waals surface area contributed by atoms with Crippen molar-refractivity contribution in [1.82, 2.24) is 4.31 Å². The fourth-order valence-corrected chi connectivity index (χ4v) is 6.29. The van der Waals surface area contributed by atoms with Crippen molar-refractivity contribution in [3.05, 3.63) is 47.8 Å². The van der Waals surface area contributed by atoms with Crippen molar-refractivity contribution in [2.75, 3.05) is 4.90 Å². The molecule has 1 fully saturated rings. The van der Waals surface area contributed by atoms with Crippen molar-refractivity contribution in [2.45, 2.75) is 49.4 Å². The number of para-hydroxylation sites is 1.